The summed E-state index contributed by atoms with van der Waals surface area (Å²) in [6.07, 6.45) is 27.2. The molecule has 0 saturated carbocycles. The number of aryl methyl sites for hydroxylation is 4. The van der Waals surface area contributed by atoms with E-state index >= 15 is 0 Å². The average molecular weight is 746 g/mol. The summed E-state index contributed by atoms with van der Waals surface area (Å²) >= 11 is 0.968. The Kier molecular flexibility index (Phi) is 25.1. The van der Waals surface area contributed by atoms with Crippen LogP contribution in [0.25, 0.3) is 16.9 Å². The number of hydrogen-bond donors (Lipinski definition) is 0. The van der Waals surface area contributed by atoms with Gasteiger partial charge in [-0.15, -0.1) is 0 Å². The predicted molar refractivity (Wildman–Crippen MR) is 216 cm³/mol. The molecule has 2 aromatic rings. The Morgan fingerprint density at radius 3 is 1.31 bits per heavy atom. The Morgan fingerprint density at radius 2 is 0.902 bits per heavy atom. The zero-order chi connectivity index (χ0) is 37.1. The predicted octanol–water partition coefficient (Wildman–Crippen LogP) is 14.4. The SMILES string of the molecule is CCCCCCc1cc(CCCC)cc(C2=CC(CC)=C(c3cc(CCCC)cc(CCCCCC)c3)[N+]2=[N-])c1.CCCC[O][Ni][O]CCCC. The molecular formula is C46H74N2NiO2. The monoisotopic (exact) mass is 745 g/mol. The van der Waals surface area contributed by atoms with E-state index < -0.39 is 0 Å². The molecule has 0 atom stereocenters. The van der Waals surface area contributed by atoms with Crippen molar-refractivity contribution < 1.29 is 27.5 Å². The first-order chi connectivity index (χ1) is 25.0. The third-order valence-electron chi connectivity index (χ3n) is 9.59. The van der Waals surface area contributed by atoms with Crippen LogP contribution in [0.4, 0.5) is 0 Å². The summed E-state index contributed by atoms with van der Waals surface area (Å²) in [5.41, 5.74) is 22.9. The first-order valence-electron chi connectivity index (χ1n) is 21.0. The van der Waals surface area contributed by atoms with Crippen LogP contribution in [0.15, 0.2) is 48.0 Å². The molecule has 0 aromatic heterocycles. The molecule has 1 aliphatic rings. The Morgan fingerprint density at radius 1 is 0.490 bits per heavy atom. The van der Waals surface area contributed by atoms with Crippen molar-refractivity contribution in [3.8, 4) is 0 Å². The van der Waals surface area contributed by atoms with E-state index in [1.165, 1.54) is 128 Å². The molecule has 0 unspecified atom stereocenters. The minimum absolute atomic E-state index is 0.808. The van der Waals surface area contributed by atoms with E-state index in [2.05, 4.69) is 90.9 Å². The molecule has 0 radical (unpaired) electrons. The van der Waals surface area contributed by atoms with Gasteiger partial charge < -0.3 is 5.53 Å². The van der Waals surface area contributed by atoms with E-state index in [9.17, 15) is 5.53 Å². The third kappa shape index (κ3) is 17.5. The Balaban J connectivity index is 0.000000705. The van der Waals surface area contributed by atoms with Crippen LogP contribution in [0, 0.1) is 0 Å². The molecular weight excluding hydrogens is 671 g/mol. The molecule has 3 rings (SSSR count). The third-order valence-corrected chi connectivity index (χ3v) is 10.2. The number of rotatable bonds is 27. The van der Waals surface area contributed by atoms with Crippen molar-refractivity contribution >= 4 is 11.4 Å². The van der Waals surface area contributed by atoms with Crippen molar-refractivity contribution in [3.05, 3.63) is 87.0 Å². The summed E-state index contributed by atoms with van der Waals surface area (Å²) in [6.45, 7) is 17.2. The van der Waals surface area contributed by atoms with Crippen molar-refractivity contribution in [3.63, 3.8) is 0 Å². The Hall–Kier alpha value is -2.07. The number of unbranched alkanes of at least 4 members (excludes halogenated alkanes) is 10. The molecule has 290 valence electrons. The van der Waals surface area contributed by atoms with Crippen LogP contribution in [-0.4, -0.2) is 17.9 Å². The molecule has 5 heteroatoms. The Bertz CT molecular complexity index is 1310. The fourth-order valence-corrected chi connectivity index (χ4v) is 6.99. The van der Waals surface area contributed by atoms with Crippen LogP contribution >= 0.6 is 0 Å². The first kappa shape index (κ1) is 45.1. The van der Waals surface area contributed by atoms with E-state index in [0.29, 0.717) is 0 Å². The molecule has 1 aliphatic heterocycles. The van der Waals surface area contributed by atoms with E-state index in [0.717, 1.165) is 90.2 Å². The molecule has 0 aliphatic carbocycles. The summed E-state index contributed by atoms with van der Waals surface area (Å²) in [5.74, 6) is 0. The molecule has 0 spiro atoms. The molecule has 0 bridgehead atoms. The van der Waals surface area contributed by atoms with Gasteiger partial charge in [0.15, 0.2) is 0 Å². The number of nitrogens with zero attached hydrogens (tertiary/aromatic N) is 2. The summed E-state index contributed by atoms with van der Waals surface area (Å²) < 4.78 is 11.8. The van der Waals surface area contributed by atoms with Crippen LogP contribution < -0.4 is 0 Å². The van der Waals surface area contributed by atoms with Crippen molar-refractivity contribution in [2.75, 3.05) is 13.2 Å². The van der Waals surface area contributed by atoms with Crippen molar-refractivity contribution in [1.82, 2.24) is 0 Å². The minimum atomic E-state index is 0.808. The molecule has 0 N–H and O–H groups in total. The normalized spacial score (nSPS) is 12.8. The summed E-state index contributed by atoms with van der Waals surface area (Å²) in [7, 11) is 0. The van der Waals surface area contributed by atoms with E-state index in [4.69, 9.17) is 7.76 Å². The molecule has 0 fully saturated rings. The zero-order valence-electron chi connectivity index (χ0n) is 33.8. The molecule has 1 heterocycles. The van der Waals surface area contributed by atoms with Gasteiger partial charge in [0.25, 0.3) is 0 Å². The van der Waals surface area contributed by atoms with Crippen LogP contribution in [0.5, 0.6) is 0 Å². The van der Waals surface area contributed by atoms with Crippen molar-refractivity contribution in [1.29, 1.82) is 0 Å². The summed E-state index contributed by atoms with van der Waals surface area (Å²) in [4.78, 5) is 0. The van der Waals surface area contributed by atoms with Gasteiger partial charge in [0, 0.05) is 22.8 Å². The van der Waals surface area contributed by atoms with Gasteiger partial charge in [0.2, 0.25) is 11.4 Å². The number of allylic oxidation sites excluding steroid dienone is 2. The topological polar surface area (TPSA) is 43.8 Å². The van der Waals surface area contributed by atoms with E-state index in [1.54, 1.807) is 0 Å². The zero-order valence-corrected chi connectivity index (χ0v) is 34.8. The van der Waals surface area contributed by atoms with Crippen LogP contribution in [0.1, 0.15) is 191 Å². The molecule has 0 saturated heterocycles. The van der Waals surface area contributed by atoms with Gasteiger partial charge in [-0.25, -0.2) is 4.70 Å². The maximum absolute atomic E-state index is 11.8. The van der Waals surface area contributed by atoms with Gasteiger partial charge in [0.1, 0.15) is 0 Å². The second-order valence-electron chi connectivity index (χ2n) is 14.3. The van der Waals surface area contributed by atoms with Gasteiger partial charge in [-0.05, 0) is 104 Å². The second kappa shape index (κ2) is 28.4. The fourth-order valence-electron chi connectivity index (χ4n) is 6.45. The molecule has 0 amide bonds. The van der Waals surface area contributed by atoms with Gasteiger partial charge in [0.05, 0.1) is 0 Å². The van der Waals surface area contributed by atoms with Crippen molar-refractivity contribution in [2.45, 2.75) is 183 Å². The van der Waals surface area contributed by atoms with E-state index in [1.807, 2.05) is 0 Å². The first-order valence-corrected chi connectivity index (χ1v) is 21.8. The summed E-state index contributed by atoms with van der Waals surface area (Å²) in [6, 6.07) is 14.2. The van der Waals surface area contributed by atoms with Gasteiger partial charge in [-0.3, -0.25) is 0 Å². The number of hydrogen-bond acceptors (Lipinski definition) is 2. The van der Waals surface area contributed by atoms with E-state index in [-0.39, 0.29) is 0 Å². The fraction of sp³-hybridized carbons (Fsp3) is 0.652. The van der Waals surface area contributed by atoms with Crippen LogP contribution in [0.3, 0.4) is 0 Å². The van der Waals surface area contributed by atoms with Crippen LogP contribution in [0.2, 0.25) is 0 Å². The number of benzene rings is 2. The van der Waals surface area contributed by atoms with Gasteiger partial charge in [-0.2, -0.15) is 0 Å². The molecule has 51 heavy (non-hydrogen) atoms. The average Bonchev–Trinajstić information content (AvgIpc) is 3.49. The van der Waals surface area contributed by atoms with Crippen LogP contribution in [-0.2, 0) is 48.5 Å². The Labute approximate surface area is 321 Å². The van der Waals surface area contributed by atoms with Gasteiger partial charge in [-0.1, -0.05) is 98.1 Å². The molecule has 2 aromatic carbocycles. The van der Waals surface area contributed by atoms with Gasteiger partial charge >= 0.3 is 75.6 Å². The quantitative estimate of drug-likeness (QED) is 0.0519. The molecule has 4 nitrogen and oxygen atoms in total. The standard InChI is InChI=1S/C38H56N2.2C4H9O.Ni/c1-6-11-15-17-21-32-23-30(19-13-8-3)25-35(26-32)37-29-34(10-5)38(40(37)39)36-27-31(20-14-9-4)24-33(28-36)22-18-16-12-7-2;2*1-2-3-4-5;/h23-29H,6-22H2,1-5H3;2*2-4H2,1H3;/q;2*-1;+2. The maximum atomic E-state index is 11.8. The van der Waals surface area contributed by atoms with Crippen molar-refractivity contribution in [2.24, 2.45) is 0 Å². The second-order valence-corrected chi connectivity index (χ2v) is 15.1. The summed E-state index contributed by atoms with van der Waals surface area (Å²) in [5, 5.41) is 0.